The number of ether oxygens (including phenoxy) is 1. The molecule has 0 spiro atoms. The lowest BCUT2D eigenvalue weighted by molar-refractivity contribution is -0.274. The molecule has 1 atom stereocenters. The Morgan fingerprint density at radius 3 is 2.52 bits per heavy atom. The lowest BCUT2D eigenvalue weighted by atomic mass is 9.92. The van der Waals surface area contributed by atoms with Crippen LogP contribution in [0.15, 0.2) is 24.3 Å². The molecular weight excluding hydrogens is 283 g/mol. The van der Waals surface area contributed by atoms with Gasteiger partial charge < -0.3 is 15.2 Å². The van der Waals surface area contributed by atoms with Crippen molar-refractivity contribution >= 4 is 0 Å². The van der Waals surface area contributed by atoms with Gasteiger partial charge in [0, 0.05) is 12.1 Å². The van der Waals surface area contributed by atoms with Gasteiger partial charge in [-0.3, -0.25) is 0 Å². The Morgan fingerprint density at radius 1 is 1.24 bits per heavy atom. The molecule has 0 amide bonds. The van der Waals surface area contributed by atoms with E-state index in [2.05, 4.69) is 10.1 Å². The van der Waals surface area contributed by atoms with Crippen LogP contribution >= 0.6 is 0 Å². The monoisotopic (exact) mass is 303 g/mol. The minimum Gasteiger partial charge on any atom is -0.406 e. The molecule has 0 radical (unpaired) electrons. The third-order valence-corrected chi connectivity index (χ3v) is 3.77. The molecule has 0 aromatic heterocycles. The molecule has 1 unspecified atom stereocenters. The molecule has 1 aliphatic rings. The fourth-order valence-corrected chi connectivity index (χ4v) is 2.67. The third kappa shape index (κ3) is 5.21. The average molecular weight is 303 g/mol. The van der Waals surface area contributed by atoms with Gasteiger partial charge in [0.05, 0.1) is 6.10 Å². The Morgan fingerprint density at radius 2 is 1.90 bits per heavy atom. The van der Waals surface area contributed by atoms with E-state index in [1.165, 1.54) is 12.1 Å². The molecule has 3 nitrogen and oxygen atoms in total. The average Bonchev–Trinajstić information content (AvgIpc) is 2.40. The van der Waals surface area contributed by atoms with Crippen LogP contribution in [0.2, 0.25) is 0 Å². The maximum absolute atomic E-state index is 12.2. The van der Waals surface area contributed by atoms with Crippen molar-refractivity contribution in [2.75, 3.05) is 0 Å². The first kappa shape index (κ1) is 16.1. The second kappa shape index (κ2) is 6.66. The van der Waals surface area contributed by atoms with E-state index in [4.69, 9.17) is 0 Å². The van der Waals surface area contributed by atoms with Gasteiger partial charge in [0.1, 0.15) is 5.75 Å². The van der Waals surface area contributed by atoms with Crippen molar-refractivity contribution < 1.29 is 23.0 Å². The molecule has 1 aromatic rings. The molecule has 21 heavy (non-hydrogen) atoms. The van der Waals surface area contributed by atoms with Crippen LogP contribution in [0, 0.1) is 0 Å². The van der Waals surface area contributed by atoms with Crippen LogP contribution in [0.4, 0.5) is 13.2 Å². The molecule has 6 heteroatoms. The summed E-state index contributed by atoms with van der Waals surface area (Å²) in [7, 11) is 0. The molecule has 0 aliphatic heterocycles. The van der Waals surface area contributed by atoms with E-state index in [0.29, 0.717) is 0 Å². The SMILES string of the molecule is CC(NC1CCC(O)CC1)c1cccc(OC(F)(F)F)c1. The van der Waals surface area contributed by atoms with Crippen LogP contribution in [0.3, 0.4) is 0 Å². The Kier molecular flexibility index (Phi) is 5.11. The number of benzene rings is 1. The topological polar surface area (TPSA) is 41.5 Å². The molecule has 1 fully saturated rings. The first-order valence-corrected chi connectivity index (χ1v) is 7.13. The summed E-state index contributed by atoms with van der Waals surface area (Å²) >= 11 is 0. The highest BCUT2D eigenvalue weighted by molar-refractivity contribution is 5.30. The number of aliphatic hydroxyl groups excluding tert-OH is 1. The van der Waals surface area contributed by atoms with Crippen molar-refractivity contribution in [3.05, 3.63) is 29.8 Å². The predicted octanol–water partition coefficient (Wildman–Crippen LogP) is 3.54. The summed E-state index contributed by atoms with van der Waals surface area (Å²) in [5.74, 6) is -0.201. The van der Waals surface area contributed by atoms with E-state index >= 15 is 0 Å². The van der Waals surface area contributed by atoms with Crippen molar-refractivity contribution in [1.29, 1.82) is 0 Å². The van der Waals surface area contributed by atoms with Gasteiger partial charge in [-0.25, -0.2) is 0 Å². The number of aliphatic hydroxyl groups is 1. The summed E-state index contributed by atoms with van der Waals surface area (Å²) in [6, 6.07) is 6.25. The standard InChI is InChI=1S/C15H20F3NO2/c1-10(19-12-5-7-13(20)8-6-12)11-3-2-4-14(9-11)21-15(16,17)18/h2-4,9-10,12-13,19-20H,5-8H2,1H3. The minimum absolute atomic E-state index is 0.0676. The third-order valence-electron chi connectivity index (χ3n) is 3.77. The van der Waals surface area contributed by atoms with E-state index in [1.54, 1.807) is 12.1 Å². The molecular formula is C15H20F3NO2. The van der Waals surface area contributed by atoms with Crippen molar-refractivity contribution in [1.82, 2.24) is 5.32 Å². The van der Waals surface area contributed by atoms with Gasteiger partial charge in [0.25, 0.3) is 0 Å². The maximum atomic E-state index is 12.2. The number of halogens is 3. The van der Waals surface area contributed by atoms with Crippen molar-refractivity contribution in [3.8, 4) is 5.75 Å². The van der Waals surface area contributed by atoms with E-state index in [0.717, 1.165) is 31.2 Å². The predicted molar refractivity (Wildman–Crippen MR) is 72.9 cm³/mol. The molecule has 1 saturated carbocycles. The van der Waals surface area contributed by atoms with Crippen LogP contribution in [0.5, 0.6) is 5.75 Å². The van der Waals surface area contributed by atoms with Crippen molar-refractivity contribution in [2.45, 2.75) is 57.2 Å². The quantitative estimate of drug-likeness (QED) is 0.894. The van der Waals surface area contributed by atoms with E-state index in [-0.39, 0.29) is 23.9 Å². The van der Waals surface area contributed by atoms with Crippen molar-refractivity contribution in [2.24, 2.45) is 0 Å². The second-order valence-electron chi connectivity index (χ2n) is 5.51. The van der Waals surface area contributed by atoms with Gasteiger partial charge in [-0.05, 0) is 50.3 Å². The molecule has 0 bridgehead atoms. The highest BCUT2D eigenvalue weighted by Crippen LogP contribution is 2.27. The highest BCUT2D eigenvalue weighted by Gasteiger charge is 2.31. The fourth-order valence-electron chi connectivity index (χ4n) is 2.67. The zero-order valence-electron chi connectivity index (χ0n) is 11.9. The van der Waals surface area contributed by atoms with Crippen LogP contribution in [0.1, 0.15) is 44.2 Å². The van der Waals surface area contributed by atoms with Crippen LogP contribution in [-0.4, -0.2) is 23.6 Å². The molecule has 2 N–H and O–H groups in total. The molecule has 0 heterocycles. The Balaban J connectivity index is 1.95. The molecule has 1 aromatic carbocycles. The summed E-state index contributed by atoms with van der Waals surface area (Å²) in [6.45, 7) is 1.91. The Hall–Kier alpha value is -1.27. The zero-order chi connectivity index (χ0) is 15.5. The van der Waals surface area contributed by atoms with E-state index in [1.807, 2.05) is 6.92 Å². The second-order valence-corrected chi connectivity index (χ2v) is 5.51. The maximum Gasteiger partial charge on any atom is 0.573 e. The van der Waals surface area contributed by atoms with E-state index in [9.17, 15) is 18.3 Å². The number of rotatable bonds is 4. The lowest BCUT2D eigenvalue weighted by Crippen LogP contribution is -2.36. The van der Waals surface area contributed by atoms with Crippen molar-refractivity contribution in [3.63, 3.8) is 0 Å². The molecule has 0 saturated heterocycles. The first-order chi connectivity index (χ1) is 9.83. The molecule has 2 rings (SSSR count). The van der Waals surface area contributed by atoms with Gasteiger partial charge in [-0.2, -0.15) is 0 Å². The number of alkyl halides is 3. The number of hydrogen-bond acceptors (Lipinski definition) is 3. The largest absolute Gasteiger partial charge is 0.573 e. The molecule has 118 valence electrons. The summed E-state index contributed by atoms with van der Waals surface area (Å²) in [4.78, 5) is 0. The Bertz CT molecular complexity index is 456. The van der Waals surface area contributed by atoms with Crippen LogP contribution in [-0.2, 0) is 0 Å². The Labute approximate surface area is 122 Å². The van der Waals surface area contributed by atoms with Crippen LogP contribution in [0.25, 0.3) is 0 Å². The van der Waals surface area contributed by atoms with Gasteiger partial charge in [0.2, 0.25) is 0 Å². The summed E-state index contributed by atoms with van der Waals surface area (Å²) in [6.07, 6.45) is -1.60. The highest BCUT2D eigenvalue weighted by atomic mass is 19.4. The fraction of sp³-hybridized carbons (Fsp3) is 0.600. The minimum atomic E-state index is -4.67. The van der Waals surface area contributed by atoms with Gasteiger partial charge >= 0.3 is 6.36 Å². The van der Waals surface area contributed by atoms with Gasteiger partial charge in [-0.1, -0.05) is 12.1 Å². The smallest absolute Gasteiger partial charge is 0.406 e. The number of hydrogen-bond donors (Lipinski definition) is 2. The molecule has 1 aliphatic carbocycles. The lowest BCUT2D eigenvalue weighted by Gasteiger charge is -2.29. The summed E-state index contributed by atoms with van der Waals surface area (Å²) in [5.41, 5.74) is 0.753. The summed E-state index contributed by atoms with van der Waals surface area (Å²) in [5, 5.41) is 12.9. The first-order valence-electron chi connectivity index (χ1n) is 7.13. The summed E-state index contributed by atoms with van der Waals surface area (Å²) < 4.78 is 40.6. The normalized spacial score (nSPS) is 24.6. The van der Waals surface area contributed by atoms with Crippen LogP contribution < -0.4 is 10.1 Å². The van der Waals surface area contributed by atoms with Gasteiger partial charge in [-0.15, -0.1) is 13.2 Å². The van der Waals surface area contributed by atoms with Gasteiger partial charge in [0.15, 0.2) is 0 Å². The number of nitrogens with one attached hydrogen (secondary N) is 1. The zero-order valence-corrected chi connectivity index (χ0v) is 11.9. The van der Waals surface area contributed by atoms with E-state index < -0.39 is 6.36 Å².